The van der Waals surface area contributed by atoms with Gasteiger partial charge in [-0.1, -0.05) is 42.4 Å². The van der Waals surface area contributed by atoms with Crippen LogP contribution in [0.5, 0.6) is 5.75 Å². The van der Waals surface area contributed by atoms with Gasteiger partial charge < -0.3 is 14.6 Å². The second kappa shape index (κ2) is 8.24. The highest BCUT2D eigenvalue weighted by molar-refractivity contribution is 5.80. The zero-order chi connectivity index (χ0) is 18.4. The lowest BCUT2D eigenvalue weighted by atomic mass is 10.2. The molecule has 1 unspecified atom stereocenters. The molecule has 0 aliphatic heterocycles. The Balaban J connectivity index is 1.57. The zero-order valence-electron chi connectivity index (χ0n) is 14.2. The molecule has 7 heteroatoms. The van der Waals surface area contributed by atoms with Crippen molar-refractivity contribution in [1.29, 1.82) is 0 Å². The number of hydrogen-bond acceptors (Lipinski definition) is 5. The van der Waals surface area contributed by atoms with Crippen molar-refractivity contribution in [2.24, 2.45) is 0 Å². The largest absolute Gasteiger partial charge is 0.481 e. The summed E-state index contributed by atoms with van der Waals surface area (Å²) in [6.45, 7) is 1.93. The van der Waals surface area contributed by atoms with E-state index in [1.165, 1.54) is 24.3 Å². The molecule has 1 atom stereocenters. The van der Waals surface area contributed by atoms with Gasteiger partial charge in [0.2, 0.25) is 11.7 Å². The van der Waals surface area contributed by atoms with Crippen LogP contribution in [0.3, 0.4) is 0 Å². The van der Waals surface area contributed by atoms with Crippen LogP contribution in [0.25, 0.3) is 11.4 Å². The predicted molar refractivity (Wildman–Crippen MR) is 92.7 cm³/mol. The third-order valence-electron chi connectivity index (χ3n) is 3.67. The molecule has 2 aromatic carbocycles. The number of rotatable bonds is 7. The second-order valence-corrected chi connectivity index (χ2v) is 5.56. The molecule has 6 nitrogen and oxygen atoms in total. The summed E-state index contributed by atoms with van der Waals surface area (Å²) in [5.41, 5.74) is 0.833. The molecule has 1 N–H and O–H groups in total. The minimum Gasteiger partial charge on any atom is -0.481 e. The molecule has 0 fully saturated rings. The van der Waals surface area contributed by atoms with Gasteiger partial charge in [-0.3, -0.25) is 4.79 Å². The van der Waals surface area contributed by atoms with Crippen LogP contribution in [0, 0.1) is 5.82 Å². The monoisotopic (exact) mass is 355 g/mol. The first-order valence-electron chi connectivity index (χ1n) is 8.23. The standard InChI is InChI=1S/C19H18FN3O3/c1-2-16(25-15-10-8-14(20)9-11-15)19(24)21-12-17-22-18(23-26-17)13-6-4-3-5-7-13/h3-11,16H,2,12H2,1H3,(H,21,24). The molecule has 26 heavy (non-hydrogen) atoms. The van der Waals surface area contributed by atoms with Crippen LogP contribution in [0.2, 0.25) is 0 Å². The molecule has 0 saturated heterocycles. The van der Waals surface area contributed by atoms with Crippen LogP contribution in [-0.4, -0.2) is 22.2 Å². The Labute approximate surface area is 150 Å². The number of halogens is 1. The summed E-state index contributed by atoms with van der Waals surface area (Å²) < 4.78 is 23.7. The Hall–Kier alpha value is -3.22. The average molecular weight is 355 g/mol. The van der Waals surface area contributed by atoms with Crippen molar-refractivity contribution in [3.63, 3.8) is 0 Å². The van der Waals surface area contributed by atoms with Gasteiger partial charge in [0.25, 0.3) is 5.91 Å². The van der Waals surface area contributed by atoms with Gasteiger partial charge in [0.1, 0.15) is 11.6 Å². The molecule has 0 aliphatic carbocycles. The SMILES string of the molecule is CCC(Oc1ccc(F)cc1)C(=O)NCc1nc(-c2ccccc2)no1. The van der Waals surface area contributed by atoms with Crippen LogP contribution in [0.4, 0.5) is 4.39 Å². The number of benzene rings is 2. The smallest absolute Gasteiger partial charge is 0.261 e. The number of nitrogens with zero attached hydrogens (tertiary/aromatic N) is 2. The van der Waals surface area contributed by atoms with E-state index in [1.54, 1.807) is 0 Å². The number of carbonyl (C=O) groups excluding carboxylic acids is 1. The summed E-state index contributed by atoms with van der Waals surface area (Å²) >= 11 is 0. The van der Waals surface area contributed by atoms with Crippen molar-refractivity contribution in [3.05, 3.63) is 66.3 Å². The first-order chi connectivity index (χ1) is 12.7. The van der Waals surface area contributed by atoms with E-state index in [4.69, 9.17) is 9.26 Å². The van der Waals surface area contributed by atoms with Gasteiger partial charge in [0.05, 0.1) is 6.54 Å². The van der Waals surface area contributed by atoms with Crippen molar-refractivity contribution < 1.29 is 18.4 Å². The Morgan fingerprint density at radius 3 is 2.62 bits per heavy atom. The highest BCUT2D eigenvalue weighted by Crippen LogP contribution is 2.16. The lowest BCUT2D eigenvalue weighted by Gasteiger charge is -2.16. The van der Waals surface area contributed by atoms with Gasteiger partial charge in [-0.05, 0) is 30.7 Å². The third kappa shape index (κ3) is 4.44. The number of amides is 1. The molecule has 3 aromatic rings. The molecule has 3 rings (SSSR count). The van der Waals surface area contributed by atoms with Gasteiger partial charge in [-0.15, -0.1) is 0 Å². The van der Waals surface area contributed by atoms with E-state index in [0.717, 1.165) is 5.56 Å². The minimum atomic E-state index is -0.697. The van der Waals surface area contributed by atoms with Crippen molar-refractivity contribution >= 4 is 5.91 Å². The number of aromatic nitrogens is 2. The van der Waals surface area contributed by atoms with Crippen molar-refractivity contribution in [1.82, 2.24) is 15.5 Å². The number of nitrogens with one attached hydrogen (secondary N) is 1. The van der Waals surface area contributed by atoms with Gasteiger partial charge >= 0.3 is 0 Å². The van der Waals surface area contributed by atoms with Crippen LogP contribution in [0.1, 0.15) is 19.2 Å². The maximum Gasteiger partial charge on any atom is 0.261 e. The molecule has 0 radical (unpaired) electrons. The molecular formula is C19H18FN3O3. The first kappa shape index (κ1) is 17.6. The van der Waals surface area contributed by atoms with Crippen molar-refractivity contribution in [2.75, 3.05) is 0 Å². The molecule has 1 heterocycles. The van der Waals surface area contributed by atoms with E-state index in [0.29, 0.717) is 23.9 Å². The lowest BCUT2D eigenvalue weighted by molar-refractivity contribution is -0.128. The predicted octanol–water partition coefficient (Wildman–Crippen LogP) is 3.35. The Kier molecular flexibility index (Phi) is 5.58. The maximum atomic E-state index is 12.9. The van der Waals surface area contributed by atoms with Crippen LogP contribution >= 0.6 is 0 Å². The Morgan fingerprint density at radius 1 is 1.19 bits per heavy atom. The molecule has 0 bridgehead atoms. The van der Waals surface area contributed by atoms with Crippen LogP contribution < -0.4 is 10.1 Å². The van der Waals surface area contributed by atoms with E-state index < -0.39 is 6.10 Å². The number of carbonyl (C=O) groups is 1. The van der Waals surface area contributed by atoms with E-state index >= 15 is 0 Å². The fourth-order valence-electron chi connectivity index (χ4n) is 2.31. The van der Waals surface area contributed by atoms with Crippen molar-refractivity contribution in [2.45, 2.75) is 26.0 Å². The van der Waals surface area contributed by atoms with Gasteiger partial charge in [0.15, 0.2) is 6.10 Å². The van der Waals surface area contributed by atoms with Crippen LogP contribution in [0.15, 0.2) is 59.1 Å². The average Bonchev–Trinajstić information content (AvgIpc) is 3.15. The molecule has 134 valence electrons. The van der Waals surface area contributed by atoms with E-state index in [1.807, 2.05) is 37.3 Å². The second-order valence-electron chi connectivity index (χ2n) is 5.56. The van der Waals surface area contributed by atoms with Crippen LogP contribution in [-0.2, 0) is 11.3 Å². The molecular weight excluding hydrogens is 337 g/mol. The summed E-state index contributed by atoms with van der Waals surface area (Å²) in [4.78, 5) is 16.6. The summed E-state index contributed by atoms with van der Waals surface area (Å²) in [5, 5.41) is 6.61. The topological polar surface area (TPSA) is 77.2 Å². The summed E-state index contributed by atoms with van der Waals surface area (Å²) in [5.74, 6) is 0.521. The number of hydrogen-bond donors (Lipinski definition) is 1. The highest BCUT2D eigenvalue weighted by Gasteiger charge is 2.19. The molecule has 1 aromatic heterocycles. The molecule has 0 saturated carbocycles. The maximum absolute atomic E-state index is 12.9. The fraction of sp³-hybridized carbons (Fsp3) is 0.211. The highest BCUT2D eigenvalue weighted by atomic mass is 19.1. The molecule has 1 amide bonds. The van der Waals surface area contributed by atoms with Gasteiger partial charge in [-0.25, -0.2) is 4.39 Å². The summed E-state index contributed by atoms with van der Waals surface area (Å²) in [6.07, 6.45) is -0.237. The minimum absolute atomic E-state index is 0.0992. The normalized spacial score (nSPS) is 11.8. The Bertz CT molecular complexity index is 850. The summed E-state index contributed by atoms with van der Waals surface area (Å²) in [6, 6.07) is 14.9. The van der Waals surface area contributed by atoms with E-state index in [-0.39, 0.29) is 18.3 Å². The quantitative estimate of drug-likeness (QED) is 0.703. The summed E-state index contributed by atoms with van der Waals surface area (Å²) in [7, 11) is 0. The zero-order valence-corrected chi connectivity index (χ0v) is 14.2. The van der Waals surface area contributed by atoms with Gasteiger partial charge in [-0.2, -0.15) is 4.98 Å². The molecule has 0 aliphatic rings. The number of ether oxygens (including phenoxy) is 1. The van der Waals surface area contributed by atoms with E-state index in [9.17, 15) is 9.18 Å². The molecule has 0 spiro atoms. The van der Waals surface area contributed by atoms with Crippen molar-refractivity contribution in [3.8, 4) is 17.1 Å². The fourth-order valence-corrected chi connectivity index (χ4v) is 2.31. The lowest BCUT2D eigenvalue weighted by Crippen LogP contribution is -2.37. The first-order valence-corrected chi connectivity index (χ1v) is 8.23. The van der Waals surface area contributed by atoms with Gasteiger partial charge in [0, 0.05) is 5.56 Å². The van der Waals surface area contributed by atoms with E-state index in [2.05, 4.69) is 15.5 Å². The Morgan fingerprint density at radius 2 is 1.92 bits per heavy atom. The third-order valence-corrected chi connectivity index (χ3v) is 3.67.